The van der Waals surface area contributed by atoms with Crippen LogP contribution >= 0.6 is 0 Å². The fourth-order valence-electron chi connectivity index (χ4n) is 4.25. The molecule has 2 N–H and O–H groups in total. The molecule has 0 saturated carbocycles. The summed E-state index contributed by atoms with van der Waals surface area (Å²) in [5, 5.41) is 8.57. The van der Waals surface area contributed by atoms with Gasteiger partial charge < -0.3 is 4.74 Å². The average Bonchev–Trinajstić information content (AvgIpc) is 2.75. The number of carbonyl (C=O) groups excluding carboxylic acids is 2. The van der Waals surface area contributed by atoms with E-state index in [0.717, 1.165) is 32.5 Å². The third-order valence-electron chi connectivity index (χ3n) is 6.07. The lowest BCUT2D eigenvalue weighted by atomic mass is 9.82. The standard InChI is InChI=1S/C24H26N2O4/c1-17-4-2-3-5-19(17)16-26-12-10-24(11-13-26)15-21(27)20-14-18(6-8-22(20)30-24)7-9-23(28)25-29/h2-9,14,29H,10-13,15-16H2,1H3,(H,25,28)/b9-7+. The molecule has 30 heavy (non-hydrogen) atoms. The first-order valence-electron chi connectivity index (χ1n) is 10.2. The van der Waals surface area contributed by atoms with Gasteiger partial charge in [0.05, 0.1) is 12.0 Å². The highest BCUT2D eigenvalue weighted by molar-refractivity contribution is 6.01. The van der Waals surface area contributed by atoms with Crippen molar-refractivity contribution in [3.63, 3.8) is 0 Å². The smallest absolute Gasteiger partial charge is 0.267 e. The summed E-state index contributed by atoms with van der Waals surface area (Å²) in [5.74, 6) is 0.0690. The van der Waals surface area contributed by atoms with Crippen molar-refractivity contribution in [3.05, 3.63) is 70.8 Å². The van der Waals surface area contributed by atoms with Crippen LogP contribution in [0.5, 0.6) is 5.75 Å². The predicted molar refractivity (Wildman–Crippen MR) is 113 cm³/mol. The van der Waals surface area contributed by atoms with E-state index in [4.69, 9.17) is 9.94 Å². The second-order valence-corrected chi connectivity index (χ2v) is 8.15. The van der Waals surface area contributed by atoms with Crippen molar-refractivity contribution < 1.29 is 19.5 Å². The Morgan fingerprint density at radius 3 is 2.73 bits per heavy atom. The van der Waals surface area contributed by atoms with E-state index in [-0.39, 0.29) is 5.78 Å². The van der Waals surface area contributed by atoms with Crippen LogP contribution in [0, 0.1) is 6.92 Å². The lowest BCUT2D eigenvalue weighted by molar-refractivity contribution is -0.124. The number of hydrogen-bond acceptors (Lipinski definition) is 5. The number of aryl methyl sites for hydroxylation is 1. The zero-order valence-electron chi connectivity index (χ0n) is 17.1. The molecule has 1 fully saturated rings. The predicted octanol–water partition coefficient (Wildman–Crippen LogP) is 3.51. The number of fused-ring (bicyclic) bond motifs is 1. The van der Waals surface area contributed by atoms with Crippen LogP contribution in [-0.2, 0) is 11.3 Å². The number of ketones is 1. The number of ether oxygens (including phenoxy) is 1. The molecule has 2 aromatic rings. The van der Waals surface area contributed by atoms with E-state index in [2.05, 4.69) is 36.1 Å². The third kappa shape index (κ3) is 4.30. The summed E-state index contributed by atoms with van der Waals surface area (Å²) in [6.45, 7) is 4.85. The molecule has 0 atom stereocenters. The maximum atomic E-state index is 12.9. The Labute approximate surface area is 176 Å². The van der Waals surface area contributed by atoms with Crippen LogP contribution in [0.2, 0.25) is 0 Å². The number of carbonyl (C=O) groups is 2. The number of nitrogens with zero attached hydrogens (tertiary/aromatic N) is 1. The molecule has 0 unspecified atom stereocenters. The van der Waals surface area contributed by atoms with Gasteiger partial charge >= 0.3 is 0 Å². The number of piperidine rings is 1. The van der Waals surface area contributed by atoms with Crippen LogP contribution in [0.15, 0.2) is 48.5 Å². The molecule has 6 heteroatoms. The second kappa shape index (κ2) is 8.42. The molecule has 0 radical (unpaired) electrons. The molecule has 2 aromatic carbocycles. The first-order valence-corrected chi connectivity index (χ1v) is 10.2. The molecule has 4 rings (SSSR count). The molecule has 156 valence electrons. The Kier molecular flexibility index (Phi) is 5.70. The molecule has 6 nitrogen and oxygen atoms in total. The molecule has 0 bridgehead atoms. The molecule has 0 aromatic heterocycles. The minimum absolute atomic E-state index is 0.0745. The highest BCUT2D eigenvalue weighted by atomic mass is 16.5. The minimum atomic E-state index is -0.619. The van der Waals surface area contributed by atoms with Crippen molar-refractivity contribution >= 4 is 17.8 Å². The summed E-state index contributed by atoms with van der Waals surface area (Å²) in [6.07, 6.45) is 4.78. The summed E-state index contributed by atoms with van der Waals surface area (Å²) >= 11 is 0. The van der Waals surface area contributed by atoms with Gasteiger partial charge in [0.2, 0.25) is 0 Å². The molecular formula is C24H26N2O4. The molecular weight excluding hydrogens is 380 g/mol. The number of likely N-dealkylation sites (tertiary alicyclic amines) is 1. The van der Waals surface area contributed by atoms with Crippen molar-refractivity contribution in [2.24, 2.45) is 0 Å². The number of Topliss-reactive ketones (excluding diaryl/α,β-unsaturated/α-hetero) is 1. The van der Waals surface area contributed by atoms with Gasteiger partial charge in [-0.05, 0) is 41.8 Å². The quantitative estimate of drug-likeness (QED) is 0.462. The van der Waals surface area contributed by atoms with Crippen molar-refractivity contribution in [3.8, 4) is 5.75 Å². The molecule has 1 saturated heterocycles. The van der Waals surface area contributed by atoms with Crippen LogP contribution in [-0.4, -0.2) is 40.5 Å². The molecule has 1 spiro atoms. The topological polar surface area (TPSA) is 78.9 Å². The van der Waals surface area contributed by atoms with E-state index >= 15 is 0 Å². The summed E-state index contributed by atoms with van der Waals surface area (Å²) in [4.78, 5) is 26.5. The summed E-state index contributed by atoms with van der Waals surface area (Å²) in [5.41, 5.74) is 5.02. The zero-order valence-corrected chi connectivity index (χ0v) is 17.1. The van der Waals surface area contributed by atoms with Crippen LogP contribution in [0.4, 0.5) is 0 Å². The van der Waals surface area contributed by atoms with Gasteiger partial charge in [0, 0.05) is 38.6 Å². The third-order valence-corrected chi connectivity index (χ3v) is 6.07. The van der Waals surface area contributed by atoms with Crippen molar-refractivity contribution in [2.45, 2.75) is 38.3 Å². The average molecular weight is 406 g/mol. The number of benzene rings is 2. The highest BCUT2D eigenvalue weighted by Gasteiger charge is 2.42. The van der Waals surface area contributed by atoms with Gasteiger partial charge in [0.1, 0.15) is 11.4 Å². The monoisotopic (exact) mass is 406 g/mol. The SMILES string of the molecule is Cc1ccccc1CN1CCC2(CC1)CC(=O)c1cc(/C=C/C(=O)NO)ccc1O2. The van der Waals surface area contributed by atoms with E-state index in [0.29, 0.717) is 23.3 Å². The van der Waals surface area contributed by atoms with E-state index < -0.39 is 11.5 Å². The zero-order chi connectivity index (χ0) is 21.1. The van der Waals surface area contributed by atoms with Gasteiger partial charge in [-0.3, -0.25) is 19.7 Å². The summed E-state index contributed by atoms with van der Waals surface area (Å²) < 4.78 is 6.36. The van der Waals surface area contributed by atoms with Crippen LogP contribution in [0.1, 0.15) is 46.3 Å². The molecule has 2 aliphatic heterocycles. The number of hydroxylamine groups is 1. The van der Waals surface area contributed by atoms with Crippen molar-refractivity contribution in [1.29, 1.82) is 0 Å². The minimum Gasteiger partial charge on any atom is -0.486 e. The molecule has 1 amide bonds. The Balaban J connectivity index is 1.43. The largest absolute Gasteiger partial charge is 0.486 e. The first kappa shape index (κ1) is 20.3. The van der Waals surface area contributed by atoms with Gasteiger partial charge in [-0.2, -0.15) is 0 Å². The Morgan fingerprint density at radius 1 is 1.23 bits per heavy atom. The van der Waals surface area contributed by atoms with Gasteiger partial charge in [0.15, 0.2) is 5.78 Å². The van der Waals surface area contributed by atoms with E-state index in [1.807, 2.05) is 0 Å². The van der Waals surface area contributed by atoms with Crippen LogP contribution < -0.4 is 10.2 Å². The van der Waals surface area contributed by atoms with Gasteiger partial charge in [-0.1, -0.05) is 30.3 Å². The lowest BCUT2D eigenvalue weighted by Crippen LogP contribution is -2.50. The number of hydrogen-bond donors (Lipinski definition) is 2. The van der Waals surface area contributed by atoms with Crippen LogP contribution in [0.25, 0.3) is 6.08 Å². The first-order chi connectivity index (χ1) is 14.5. The van der Waals surface area contributed by atoms with Gasteiger partial charge in [-0.25, -0.2) is 5.48 Å². The van der Waals surface area contributed by atoms with Crippen molar-refractivity contribution in [1.82, 2.24) is 10.4 Å². The molecule has 2 aliphatic rings. The Bertz CT molecular complexity index is 990. The maximum absolute atomic E-state index is 12.9. The number of nitrogens with one attached hydrogen (secondary N) is 1. The van der Waals surface area contributed by atoms with E-state index in [1.165, 1.54) is 17.2 Å². The fraction of sp³-hybridized carbons (Fsp3) is 0.333. The normalized spacial score (nSPS) is 18.3. The van der Waals surface area contributed by atoms with E-state index in [1.54, 1.807) is 29.8 Å². The number of amides is 1. The van der Waals surface area contributed by atoms with Gasteiger partial charge in [-0.15, -0.1) is 0 Å². The second-order valence-electron chi connectivity index (χ2n) is 8.15. The summed E-state index contributed by atoms with van der Waals surface area (Å²) in [6, 6.07) is 13.8. The molecule has 2 heterocycles. The molecule has 0 aliphatic carbocycles. The summed E-state index contributed by atoms with van der Waals surface area (Å²) in [7, 11) is 0. The van der Waals surface area contributed by atoms with Gasteiger partial charge in [0.25, 0.3) is 5.91 Å². The van der Waals surface area contributed by atoms with Crippen LogP contribution in [0.3, 0.4) is 0 Å². The van der Waals surface area contributed by atoms with Crippen molar-refractivity contribution in [2.75, 3.05) is 13.1 Å². The number of rotatable bonds is 4. The maximum Gasteiger partial charge on any atom is 0.267 e. The fourth-order valence-corrected chi connectivity index (χ4v) is 4.25. The lowest BCUT2D eigenvalue weighted by Gasteiger charge is -2.44. The highest BCUT2D eigenvalue weighted by Crippen LogP contribution is 2.40. The Morgan fingerprint density at radius 2 is 2.00 bits per heavy atom. The Hall–Kier alpha value is -2.96. The van der Waals surface area contributed by atoms with E-state index in [9.17, 15) is 9.59 Å².